The zero-order valence-corrected chi connectivity index (χ0v) is 17.5. The van der Waals surface area contributed by atoms with Gasteiger partial charge in [0.15, 0.2) is 6.10 Å². The van der Waals surface area contributed by atoms with Crippen molar-refractivity contribution in [1.82, 2.24) is 5.32 Å². The lowest BCUT2D eigenvalue weighted by Crippen LogP contribution is -2.39. The van der Waals surface area contributed by atoms with E-state index >= 15 is 0 Å². The van der Waals surface area contributed by atoms with Crippen molar-refractivity contribution in [1.29, 1.82) is 0 Å². The van der Waals surface area contributed by atoms with E-state index in [4.69, 9.17) is 14.3 Å². The SMILES string of the molecule is CCCc1cc(=O)oc2cc(O[C@H](C)C(=O)NCC3CCC(C(=O)O)CC3)ccc12. The van der Waals surface area contributed by atoms with Gasteiger partial charge in [-0.2, -0.15) is 0 Å². The van der Waals surface area contributed by atoms with Crippen LogP contribution in [0.5, 0.6) is 5.75 Å². The number of carboxylic acid groups (broad SMARTS) is 1. The third kappa shape index (κ3) is 5.40. The Bertz CT molecular complexity index is 958. The van der Waals surface area contributed by atoms with Gasteiger partial charge in [0.2, 0.25) is 0 Å². The second kappa shape index (κ2) is 9.78. The van der Waals surface area contributed by atoms with E-state index in [-0.39, 0.29) is 11.8 Å². The zero-order chi connectivity index (χ0) is 21.7. The predicted molar refractivity (Wildman–Crippen MR) is 113 cm³/mol. The van der Waals surface area contributed by atoms with Crippen LogP contribution in [0.15, 0.2) is 33.5 Å². The van der Waals surface area contributed by atoms with Crippen LogP contribution in [0.4, 0.5) is 0 Å². The van der Waals surface area contributed by atoms with E-state index in [9.17, 15) is 14.4 Å². The molecule has 0 radical (unpaired) electrons. The van der Waals surface area contributed by atoms with Crippen LogP contribution in [0.25, 0.3) is 11.0 Å². The molecule has 2 aromatic rings. The number of hydrogen-bond donors (Lipinski definition) is 2. The van der Waals surface area contributed by atoms with Crippen LogP contribution >= 0.6 is 0 Å². The van der Waals surface area contributed by atoms with Crippen LogP contribution in [-0.2, 0) is 16.0 Å². The maximum Gasteiger partial charge on any atom is 0.336 e. The normalized spacial score (nSPS) is 19.9. The molecule has 1 fully saturated rings. The summed E-state index contributed by atoms with van der Waals surface area (Å²) in [5, 5.41) is 12.8. The summed E-state index contributed by atoms with van der Waals surface area (Å²) in [5.41, 5.74) is 0.997. The molecule has 1 atom stereocenters. The van der Waals surface area contributed by atoms with Gasteiger partial charge in [0.1, 0.15) is 11.3 Å². The van der Waals surface area contributed by atoms with Gasteiger partial charge < -0.3 is 19.6 Å². The Morgan fingerprint density at radius 2 is 1.97 bits per heavy atom. The Hall–Kier alpha value is -2.83. The number of aryl methyl sites for hydroxylation is 1. The van der Waals surface area contributed by atoms with Gasteiger partial charge in [-0.05, 0) is 62.6 Å². The summed E-state index contributed by atoms with van der Waals surface area (Å²) in [5.74, 6) is -0.457. The highest BCUT2D eigenvalue weighted by Crippen LogP contribution is 2.28. The second-order valence-electron chi connectivity index (χ2n) is 8.06. The quantitative estimate of drug-likeness (QED) is 0.639. The molecule has 1 aliphatic rings. The monoisotopic (exact) mass is 415 g/mol. The van der Waals surface area contributed by atoms with Gasteiger partial charge in [-0.3, -0.25) is 9.59 Å². The number of hydrogen-bond acceptors (Lipinski definition) is 5. The minimum atomic E-state index is -0.729. The zero-order valence-electron chi connectivity index (χ0n) is 17.5. The number of carbonyl (C=O) groups excluding carboxylic acids is 1. The summed E-state index contributed by atoms with van der Waals surface area (Å²) in [4.78, 5) is 35.3. The van der Waals surface area contributed by atoms with E-state index in [1.807, 2.05) is 6.07 Å². The molecular weight excluding hydrogens is 386 g/mol. The Morgan fingerprint density at radius 3 is 2.63 bits per heavy atom. The second-order valence-corrected chi connectivity index (χ2v) is 8.06. The summed E-state index contributed by atoms with van der Waals surface area (Å²) >= 11 is 0. The number of amides is 1. The third-order valence-corrected chi connectivity index (χ3v) is 5.76. The summed E-state index contributed by atoms with van der Waals surface area (Å²) in [6.45, 7) is 4.24. The lowest BCUT2D eigenvalue weighted by Gasteiger charge is -2.26. The lowest BCUT2D eigenvalue weighted by atomic mass is 9.82. The van der Waals surface area contributed by atoms with E-state index in [0.29, 0.717) is 36.6 Å². The highest BCUT2D eigenvalue weighted by Gasteiger charge is 2.26. The number of benzene rings is 1. The van der Waals surface area contributed by atoms with E-state index in [0.717, 1.165) is 36.6 Å². The van der Waals surface area contributed by atoms with Gasteiger partial charge in [-0.15, -0.1) is 0 Å². The maximum absolute atomic E-state index is 12.4. The van der Waals surface area contributed by atoms with Crippen molar-refractivity contribution in [2.45, 2.75) is 58.5 Å². The van der Waals surface area contributed by atoms with E-state index in [1.165, 1.54) is 6.07 Å². The molecule has 0 aliphatic heterocycles. The molecule has 3 rings (SSSR count). The van der Waals surface area contributed by atoms with Crippen molar-refractivity contribution in [3.8, 4) is 5.75 Å². The van der Waals surface area contributed by atoms with Crippen LogP contribution in [0.2, 0.25) is 0 Å². The molecule has 0 saturated heterocycles. The molecule has 1 aliphatic carbocycles. The minimum absolute atomic E-state index is 0.225. The first-order valence-electron chi connectivity index (χ1n) is 10.6. The Balaban J connectivity index is 1.56. The number of fused-ring (bicyclic) bond motifs is 1. The number of rotatable bonds is 8. The topological polar surface area (TPSA) is 106 Å². The van der Waals surface area contributed by atoms with E-state index < -0.39 is 17.7 Å². The Morgan fingerprint density at radius 1 is 1.23 bits per heavy atom. The molecular formula is C23H29NO6. The number of carbonyl (C=O) groups is 2. The molecule has 7 nitrogen and oxygen atoms in total. The van der Waals surface area contributed by atoms with Crippen LogP contribution in [0.3, 0.4) is 0 Å². The summed E-state index contributed by atoms with van der Waals surface area (Å²) in [6.07, 6.45) is 3.92. The number of ether oxygens (including phenoxy) is 1. The van der Waals surface area contributed by atoms with Gasteiger partial charge in [-0.25, -0.2) is 4.79 Å². The molecule has 1 amide bonds. The highest BCUT2D eigenvalue weighted by atomic mass is 16.5. The van der Waals surface area contributed by atoms with Crippen LogP contribution < -0.4 is 15.7 Å². The number of carboxylic acids is 1. The summed E-state index contributed by atoms with van der Waals surface area (Å²) in [6, 6.07) is 6.79. The largest absolute Gasteiger partial charge is 0.481 e. The molecule has 2 N–H and O–H groups in total. The van der Waals surface area contributed by atoms with Crippen LogP contribution in [-0.4, -0.2) is 29.6 Å². The smallest absolute Gasteiger partial charge is 0.336 e. The van der Waals surface area contributed by atoms with Crippen molar-refractivity contribution >= 4 is 22.8 Å². The highest BCUT2D eigenvalue weighted by molar-refractivity contribution is 5.83. The third-order valence-electron chi connectivity index (χ3n) is 5.76. The molecule has 1 aromatic carbocycles. The molecule has 30 heavy (non-hydrogen) atoms. The van der Waals surface area contributed by atoms with Crippen LogP contribution in [0, 0.1) is 11.8 Å². The average molecular weight is 415 g/mol. The molecule has 1 heterocycles. The van der Waals surface area contributed by atoms with Crippen molar-refractivity contribution in [3.05, 3.63) is 40.2 Å². The van der Waals surface area contributed by atoms with E-state index in [2.05, 4.69) is 12.2 Å². The summed E-state index contributed by atoms with van der Waals surface area (Å²) < 4.78 is 11.1. The Kier molecular flexibility index (Phi) is 7.13. The fourth-order valence-electron chi connectivity index (χ4n) is 4.02. The predicted octanol–water partition coefficient (Wildman–Crippen LogP) is 3.52. The van der Waals surface area contributed by atoms with Gasteiger partial charge >= 0.3 is 11.6 Å². The van der Waals surface area contributed by atoms with Crippen molar-refractivity contribution in [2.24, 2.45) is 11.8 Å². The minimum Gasteiger partial charge on any atom is -0.481 e. The van der Waals surface area contributed by atoms with Crippen molar-refractivity contribution in [2.75, 3.05) is 6.54 Å². The molecule has 162 valence electrons. The van der Waals surface area contributed by atoms with E-state index in [1.54, 1.807) is 19.1 Å². The molecule has 7 heteroatoms. The molecule has 0 spiro atoms. The van der Waals surface area contributed by atoms with Gasteiger partial charge in [0.05, 0.1) is 5.92 Å². The van der Waals surface area contributed by atoms with Gasteiger partial charge in [0.25, 0.3) is 5.91 Å². The standard InChI is InChI=1S/C23H29NO6/c1-3-4-17-11-21(25)30-20-12-18(9-10-19(17)20)29-14(2)22(26)24-13-15-5-7-16(8-6-15)23(27)28/h9-12,14-16H,3-8,13H2,1-2H3,(H,24,26)(H,27,28)/t14-,15?,16?/m1/s1. The van der Waals surface area contributed by atoms with Gasteiger partial charge in [-0.1, -0.05) is 13.3 Å². The average Bonchev–Trinajstić information content (AvgIpc) is 2.72. The number of nitrogens with one attached hydrogen (secondary N) is 1. The van der Waals surface area contributed by atoms with Crippen LogP contribution in [0.1, 0.15) is 51.5 Å². The Labute approximate surface area is 175 Å². The van der Waals surface area contributed by atoms with Crippen molar-refractivity contribution in [3.63, 3.8) is 0 Å². The first kappa shape index (κ1) is 21.9. The fraction of sp³-hybridized carbons (Fsp3) is 0.522. The fourth-order valence-corrected chi connectivity index (χ4v) is 4.02. The molecule has 0 unspecified atom stereocenters. The molecule has 0 bridgehead atoms. The first-order chi connectivity index (χ1) is 14.4. The molecule has 1 aromatic heterocycles. The maximum atomic E-state index is 12.4. The first-order valence-corrected chi connectivity index (χ1v) is 10.6. The van der Waals surface area contributed by atoms with Crippen molar-refractivity contribution < 1.29 is 23.8 Å². The lowest BCUT2D eigenvalue weighted by molar-refractivity contribution is -0.143. The number of aliphatic carboxylic acids is 1. The van der Waals surface area contributed by atoms with Gasteiger partial charge in [0, 0.05) is 24.1 Å². The summed E-state index contributed by atoms with van der Waals surface area (Å²) in [7, 11) is 0. The molecule has 1 saturated carbocycles.